The van der Waals surface area contributed by atoms with E-state index in [-0.39, 0.29) is 11.5 Å². The highest BCUT2D eigenvalue weighted by atomic mass is 16.5. The molecule has 2 aliphatic heterocycles. The molecule has 4 heterocycles. The second-order valence-electron chi connectivity index (χ2n) is 7.35. The topological polar surface area (TPSA) is 92.6 Å². The van der Waals surface area contributed by atoms with E-state index in [0.29, 0.717) is 43.4 Å². The third kappa shape index (κ3) is 4.40. The second kappa shape index (κ2) is 8.60. The van der Waals surface area contributed by atoms with Crippen LogP contribution >= 0.6 is 0 Å². The Bertz CT molecular complexity index is 915. The first-order valence-electron chi connectivity index (χ1n) is 10.1. The summed E-state index contributed by atoms with van der Waals surface area (Å²) in [5.74, 6) is 1.24. The molecular weight excluding hydrogens is 372 g/mol. The van der Waals surface area contributed by atoms with Gasteiger partial charge in [-0.05, 0) is 31.4 Å². The lowest BCUT2D eigenvalue weighted by Crippen LogP contribution is -2.40. The van der Waals surface area contributed by atoms with Crippen LogP contribution < -0.4 is 15.8 Å². The van der Waals surface area contributed by atoms with Gasteiger partial charge in [0.2, 0.25) is 0 Å². The standard InChI is InChI=1S/C20H26N6O3/c1-24-20(28)16(13-18(23-24)25-7-3-2-4-8-25)22-17-6-5-15(14-21-17)19(27)26-9-11-29-12-10-26/h5-6,13-14H,2-4,7-12H2,1H3,(H,21,22). The number of aromatic nitrogens is 3. The highest BCUT2D eigenvalue weighted by Crippen LogP contribution is 2.20. The van der Waals surface area contributed by atoms with E-state index >= 15 is 0 Å². The van der Waals surface area contributed by atoms with E-state index in [1.807, 2.05) is 0 Å². The van der Waals surface area contributed by atoms with Crippen molar-refractivity contribution in [1.82, 2.24) is 19.7 Å². The maximum Gasteiger partial charge on any atom is 0.290 e. The molecule has 9 heteroatoms. The Morgan fingerprint density at radius 3 is 2.55 bits per heavy atom. The molecule has 2 aromatic rings. The third-order valence-electron chi connectivity index (χ3n) is 5.30. The van der Waals surface area contributed by atoms with Crippen LogP contribution in [0.4, 0.5) is 17.3 Å². The van der Waals surface area contributed by atoms with Crippen molar-refractivity contribution in [1.29, 1.82) is 0 Å². The predicted molar refractivity (Wildman–Crippen MR) is 110 cm³/mol. The Hall–Kier alpha value is -2.94. The van der Waals surface area contributed by atoms with Gasteiger partial charge in [-0.15, -0.1) is 0 Å². The number of anilines is 3. The number of nitrogens with one attached hydrogen (secondary N) is 1. The monoisotopic (exact) mass is 398 g/mol. The number of ether oxygens (including phenoxy) is 1. The average Bonchev–Trinajstić information content (AvgIpc) is 2.78. The fourth-order valence-electron chi connectivity index (χ4n) is 3.64. The summed E-state index contributed by atoms with van der Waals surface area (Å²) in [7, 11) is 1.65. The summed E-state index contributed by atoms with van der Waals surface area (Å²) >= 11 is 0. The Morgan fingerprint density at radius 2 is 1.86 bits per heavy atom. The molecule has 4 rings (SSSR count). The molecule has 9 nitrogen and oxygen atoms in total. The number of carbonyl (C=O) groups is 1. The number of morpholine rings is 1. The first kappa shape index (κ1) is 19.4. The Labute approximate surface area is 169 Å². The lowest BCUT2D eigenvalue weighted by Gasteiger charge is -2.28. The number of nitrogens with zero attached hydrogens (tertiary/aromatic N) is 5. The summed E-state index contributed by atoms with van der Waals surface area (Å²) in [6.07, 6.45) is 5.03. The molecular formula is C20H26N6O3. The van der Waals surface area contributed by atoms with Gasteiger partial charge in [0, 0.05) is 45.5 Å². The molecule has 0 spiro atoms. The Kier molecular flexibility index (Phi) is 5.75. The van der Waals surface area contributed by atoms with Gasteiger partial charge in [0.25, 0.3) is 11.5 Å². The molecule has 0 saturated carbocycles. The minimum absolute atomic E-state index is 0.0560. The van der Waals surface area contributed by atoms with E-state index in [0.717, 1.165) is 31.7 Å². The summed E-state index contributed by atoms with van der Waals surface area (Å²) in [6.45, 7) is 4.19. The van der Waals surface area contributed by atoms with Gasteiger partial charge in [-0.3, -0.25) is 9.59 Å². The molecule has 0 radical (unpaired) electrons. The molecule has 0 unspecified atom stereocenters. The van der Waals surface area contributed by atoms with Gasteiger partial charge < -0.3 is 19.9 Å². The number of pyridine rings is 1. The van der Waals surface area contributed by atoms with Gasteiger partial charge in [0.15, 0.2) is 5.82 Å². The molecule has 0 aromatic carbocycles. The van der Waals surface area contributed by atoms with Crippen LogP contribution in [0.1, 0.15) is 29.6 Å². The minimum atomic E-state index is -0.221. The predicted octanol–water partition coefficient (Wildman–Crippen LogP) is 1.38. The zero-order valence-corrected chi connectivity index (χ0v) is 16.6. The van der Waals surface area contributed by atoms with E-state index < -0.39 is 0 Å². The summed E-state index contributed by atoms with van der Waals surface area (Å²) < 4.78 is 6.64. The van der Waals surface area contributed by atoms with Crippen LogP contribution in [0.15, 0.2) is 29.2 Å². The normalized spacial score (nSPS) is 17.3. The number of aryl methyl sites for hydroxylation is 1. The summed E-state index contributed by atoms with van der Waals surface area (Å²) in [6, 6.07) is 5.22. The highest BCUT2D eigenvalue weighted by Gasteiger charge is 2.19. The van der Waals surface area contributed by atoms with Gasteiger partial charge in [-0.25, -0.2) is 9.67 Å². The summed E-state index contributed by atoms with van der Waals surface area (Å²) in [4.78, 5) is 33.3. The summed E-state index contributed by atoms with van der Waals surface area (Å²) in [5.41, 5.74) is 0.720. The Balaban J connectivity index is 1.50. The van der Waals surface area contributed by atoms with Gasteiger partial charge in [0.05, 0.1) is 18.8 Å². The van der Waals surface area contributed by atoms with Gasteiger partial charge in [0.1, 0.15) is 11.5 Å². The van der Waals surface area contributed by atoms with Crippen molar-refractivity contribution in [3.8, 4) is 0 Å². The molecule has 0 atom stereocenters. The van der Waals surface area contributed by atoms with Crippen LogP contribution in [-0.4, -0.2) is 65.0 Å². The highest BCUT2D eigenvalue weighted by molar-refractivity contribution is 5.94. The van der Waals surface area contributed by atoms with Crippen molar-refractivity contribution in [3.05, 3.63) is 40.3 Å². The second-order valence-corrected chi connectivity index (χ2v) is 7.35. The minimum Gasteiger partial charge on any atom is -0.378 e. The van der Waals surface area contributed by atoms with Gasteiger partial charge >= 0.3 is 0 Å². The molecule has 1 N–H and O–H groups in total. The maximum absolute atomic E-state index is 12.5. The molecule has 29 heavy (non-hydrogen) atoms. The molecule has 0 aliphatic carbocycles. The van der Waals surface area contributed by atoms with E-state index in [2.05, 4.69) is 20.3 Å². The smallest absolute Gasteiger partial charge is 0.290 e. The molecule has 2 fully saturated rings. The van der Waals surface area contributed by atoms with Crippen LogP contribution in [0.5, 0.6) is 0 Å². The van der Waals surface area contributed by atoms with Gasteiger partial charge in [-0.2, -0.15) is 5.10 Å². The maximum atomic E-state index is 12.5. The lowest BCUT2D eigenvalue weighted by atomic mass is 10.1. The molecule has 2 saturated heterocycles. The fraction of sp³-hybridized carbons (Fsp3) is 0.500. The van der Waals surface area contributed by atoms with Crippen LogP contribution in [0.2, 0.25) is 0 Å². The Morgan fingerprint density at radius 1 is 1.10 bits per heavy atom. The zero-order chi connectivity index (χ0) is 20.2. The zero-order valence-electron chi connectivity index (χ0n) is 16.6. The van der Waals surface area contributed by atoms with E-state index in [1.54, 1.807) is 30.1 Å². The number of rotatable bonds is 4. The number of hydrogen-bond acceptors (Lipinski definition) is 7. The first-order chi connectivity index (χ1) is 14.1. The number of carbonyl (C=O) groups excluding carboxylic acids is 1. The molecule has 0 bridgehead atoms. The van der Waals surface area contributed by atoms with Crippen molar-refractivity contribution in [2.45, 2.75) is 19.3 Å². The number of amides is 1. The number of piperidine rings is 1. The van der Waals surface area contributed by atoms with Crippen LogP contribution in [0.25, 0.3) is 0 Å². The van der Waals surface area contributed by atoms with Crippen molar-refractivity contribution in [3.63, 3.8) is 0 Å². The van der Waals surface area contributed by atoms with Crippen molar-refractivity contribution in [2.24, 2.45) is 7.05 Å². The molecule has 154 valence electrons. The average molecular weight is 398 g/mol. The molecule has 1 amide bonds. The SMILES string of the molecule is Cn1nc(N2CCCCC2)cc(Nc2ccc(C(=O)N3CCOCC3)cn2)c1=O. The largest absolute Gasteiger partial charge is 0.378 e. The van der Waals surface area contributed by atoms with Crippen molar-refractivity contribution >= 4 is 23.2 Å². The first-order valence-corrected chi connectivity index (χ1v) is 10.1. The van der Waals surface area contributed by atoms with Crippen LogP contribution in [0.3, 0.4) is 0 Å². The molecule has 2 aliphatic rings. The lowest BCUT2D eigenvalue weighted by molar-refractivity contribution is 0.0302. The quantitative estimate of drug-likeness (QED) is 0.832. The van der Waals surface area contributed by atoms with Crippen molar-refractivity contribution in [2.75, 3.05) is 49.6 Å². The van der Waals surface area contributed by atoms with E-state index in [1.165, 1.54) is 17.3 Å². The summed E-state index contributed by atoms with van der Waals surface area (Å²) in [5, 5.41) is 7.48. The van der Waals surface area contributed by atoms with E-state index in [9.17, 15) is 9.59 Å². The molecule has 2 aromatic heterocycles. The van der Waals surface area contributed by atoms with E-state index in [4.69, 9.17) is 4.74 Å². The fourth-order valence-corrected chi connectivity index (χ4v) is 3.64. The van der Waals surface area contributed by atoms with Gasteiger partial charge in [-0.1, -0.05) is 0 Å². The van der Waals surface area contributed by atoms with Crippen LogP contribution in [-0.2, 0) is 11.8 Å². The van der Waals surface area contributed by atoms with Crippen molar-refractivity contribution < 1.29 is 9.53 Å². The van der Waals surface area contributed by atoms with Crippen LogP contribution in [0, 0.1) is 0 Å². The number of hydrogen-bond donors (Lipinski definition) is 1. The third-order valence-corrected chi connectivity index (χ3v) is 5.30.